The number of halogens is 1. The maximum absolute atomic E-state index is 13.4. The Labute approximate surface area is 189 Å². The standard InChI is InChI=1S/C22H18FN5O4S/c1-26-18(24)17(20(31)27(2)22(26)32)16(29)11-33-21-25-15-6-4-3-5-14(15)19(30)28(21)13-9-7-12(23)8-10-13/h3-10H,11,24H2,1-2H3. The fourth-order valence-corrected chi connectivity index (χ4v) is 4.24. The number of benzene rings is 2. The monoisotopic (exact) mass is 467 g/mol. The highest BCUT2D eigenvalue weighted by Gasteiger charge is 2.22. The molecule has 0 saturated heterocycles. The topological polar surface area (TPSA) is 122 Å². The molecule has 4 aromatic rings. The molecule has 11 heteroatoms. The summed E-state index contributed by atoms with van der Waals surface area (Å²) < 4.78 is 16.5. The van der Waals surface area contributed by atoms with Gasteiger partial charge in [0.1, 0.15) is 17.2 Å². The van der Waals surface area contributed by atoms with Crippen LogP contribution in [-0.2, 0) is 14.1 Å². The molecule has 2 aromatic carbocycles. The SMILES string of the molecule is Cn1c(N)c(C(=O)CSc2nc3ccccc3c(=O)n2-c2ccc(F)cc2)c(=O)n(C)c1=O. The largest absolute Gasteiger partial charge is 0.384 e. The van der Waals surface area contributed by atoms with E-state index in [1.807, 2.05) is 0 Å². The van der Waals surface area contributed by atoms with Gasteiger partial charge in [-0.05, 0) is 36.4 Å². The van der Waals surface area contributed by atoms with E-state index < -0.39 is 22.8 Å². The average Bonchev–Trinajstić information content (AvgIpc) is 2.81. The van der Waals surface area contributed by atoms with Crippen LogP contribution in [0.3, 0.4) is 0 Å². The molecule has 33 heavy (non-hydrogen) atoms. The van der Waals surface area contributed by atoms with Crippen molar-refractivity contribution in [1.29, 1.82) is 0 Å². The van der Waals surface area contributed by atoms with E-state index in [1.54, 1.807) is 24.3 Å². The van der Waals surface area contributed by atoms with Gasteiger partial charge in [-0.15, -0.1) is 0 Å². The first-order valence-electron chi connectivity index (χ1n) is 9.70. The number of nitrogens with zero attached hydrogens (tertiary/aromatic N) is 4. The van der Waals surface area contributed by atoms with Crippen LogP contribution >= 0.6 is 11.8 Å². The molecular weight excluding hydrogens is 449 g/mol. The summed E-state index contributed by atoms with van der Waals surface area (Å²) in [5.74, 6) is -1.60. The molecule has 0 bridgehead atoms. The summed E-state index contributed by atoms with van der Waals surface area (Å²) in [6.45, 7) is 0. The third-order valence-electron chi connectivity index (χ3n) is 5.15. The molecule has 0 unspecified atom stereocenters. The summed E-state index contributed by atoms with van der Waals surface area (Å²) in [7, 11) is 2.61. The summed E-state index contributed by atoms with van der Waals surface area (Å²) in [6, 6.07) is 12.0. The number of nitrogens with two attached hydrogens (primary N) is 1. The van der Waals surface area contributed by atoms with Gasteiger partial charge in [0, 0.05) is 14.1 Å². The highest BCUT2D eigenvalue weighted by Crippen LogP contribution is 2.22. The average molecular weight is 467 g/mol. The van der Waals surface area contributed by atoms with Gasteiger partial charge in [-0.1, -0.05) is 23.9 Å². The van der Waals surface area contributed by atoms with Gasteiger partial charge in [0.05, 0.1) is 22.3 Å². The minimum atomic E-state index is -0.802. The minimum Gasteiger partial charge on any atom is -0.384 e. The lowest BCUT2D eigenvalue weighted by molar-refractivity contribution is 0.102. The van der Waals surface area contributed by atoms with E-state index in [-0.39, 0.29) is 27.8 Å². The smallest absolute Gasteiger partial charge is 0.332 e. The number of ketones is 1. The third-order valence-corrected chi connectivity index (χ3v) is 6.09. The fraction of sp³-hybridized carbons (Fsp3) is 0.136. The molecule has 0 fully saturated rings. The zero-order valence-corrected chi connectivity index (χ0v) is 18.4. The number of hydrogen-bond donors (Lipinski definition) is 1. The van der Waals surface area contributed by atoms with Crippen molar-refractivity contribution in [1.82, 2.24) is 18.7 Å². The molecule has 0 atom stereocenters. The molecule has 0 spiro atoms. The minimum absolute atomic E-state index is 0.180. The van der Waals surface area contributed by atoms with Gasteiger partial charge in [-0.2, -0.15) is 0 Å². The summed E-state index contributed by atoms with van der Waals surface area (Å²) >= 11 is 0.929. The Hall–Kier alpha value is -3.99. The van der Waals surface area contributed by atoms with E-state index in [2.05, 4.69) is 4.98 Å². The van der Waals surface area contributed by atoms with E-state index >= 15 is 0 Å². The Balaban J connectivity index is 1.80. The molecule has 0 aliphatic carbocycles. The highest BCUT2D eigenvalue weighted by molar-refractivity contribution is 7.99. The molecule has 0 aliphatic heterocycles. The number of thioether (sulfide) groups is 1. The summed E-state index contributed by atoms with van der Waals surface area (Å²) in [5, 5.41) is 0.535. The van der Waals surface area contributed by atoms with Crippen LogP contribution in [0.4, 0.5) is 10.2 Å². The number of rotatable bonds is 5. The molecule has 0 saturated carbocycles. The first kappa shape index (κ1) is 22.2. The number of para-hydroxylation sites is 1. The molecule has 0 aliphatic rings. The number of carbonyl (C=O) groups is 1. The molecule has 4 rings (SSSR count). The molecule has 0 amide bonds. The van der Waals surface area contributed by atoms with E-state index in [4.69, 9.17) is 5.73 Å². The lowest BCUT2D eigenvalue weighted by Crippen LogP contribution is -2.41. The quantitative estimate of drug-likeness (QED) is 0.268. The van der Waals surface area contributed by atoms with Crippen LogP contribution in [0.2, 0.25) is 0 Å². The van der Waals surface area contributed by atoms with Crippen molar-refractivity contribution in [2.75, 3.05) is 11.5 Å². The number of Topliss-reactive ketones (excluding diaryl/α,β-unsaturated/α-hetero) is 1. The summed E-state index contributed by atoms with van der Waals surface area (Å²) in [5.41, 5.74) is 4.50. The number of fused-ring (bicyclic) bond motifs is 1. The van der Waals surface area contributed by atoms with Gasteiger partial charge in [-0.25, -0.2) is 14.2 Å². The van der Waals surface area contributed by atoms with Crippen molar-refractivity contribution in [2.45, 2.75) is 5.16 Å². The Bertz CT molecular complexity index is 1590. The second kappa shape index (κ2) is 8.51. The zero-order valence-electron chi connectivity index (χ0n) is 17.6. The van der Waals surface area contributed by atoms with E-state index in [1.165, 1.54) is 42.9 Å². The number of hydrogen-bond acceptors (Lipinski definition) is 7. The van der Waals surface area contributed by atoms with Crippen LogP contribution in [-0.4, -0.2) is 30.2 Å². The number of aromatic nitrogens is 4. The van der Waals surface area contributed by atoms with Crippen LogP contribution < -0.4 is 22.5 Å². The van der Waals surface area contributed by atoms with Gasteiger partial charge in [0.2, 0.25) is 0 Å². The van der Waals surface area contributed by atoms with Gasteiger partial charge >= 0.3 is 5.69 Å². The second-order valence-corrected chi connectivity index (χ2v) is 8.15. The van der Waals surface area contributed by atoms with Crippen LogP contribution in [0.15, 0.2) is 68.1 Å². The molecule has 2 N–H and O–H groups in total. The van der Waals surface area contributed by atoms with E-state index in [0.717, 1.165) is 20.9 Å². The van der Waals surface area contributed by atoms with Gasteiger partial charge in [0.15, 0.2) is 10.9 Å². The van der Waals surface area contributed by atoms with Gasteiger partial charge in [-0.3, -0.25) is 28.1 Å². The Morgan fingerprint density at radius 2 is 1.67 bits per heavy atom. The van der Waals surface area contributed by atoms with E-state index in [0.29, 0.717) is 16.6 Å². The van der Waals surface area contributed by atoms with Crippen molar-refractivity contribution in [2.24, 2.45) is 14.1 Å². The van der Waals surface area contributed by atoms with Gasteiger partial charge in [0.25, 0.3) is 11.1 Å². The molecular formula is C22H18FN5O4S. The first-order chi connectivity index (χ1) is 15.7. The predicted octanol–water partition coefficient (Wildman–Crippen LogP) is 1.48. The third kappa shape index (κ3) is 3.87. The normalized spacial score (nSPS) is 11.1. The number of carbonyl (C=O) groups excluding carboxylic acids is 1. The van der Waals surface area contributed by atoms with Crippen LogP contribution in [0.1, 0.15) is 10.4 Å². The molecule has 2 aromatic heterocycles. The number of anilines is 1. The number of nitrogen functional groups attached to an aromatic ring is 1. The fourth-order valence-electron chi connectivity index (χ4n) is 3.35. The maximum Gasteiger partial charge on any atom is 0.332 e. The first-order valence-corrected chi connectivity index (χ1v) is 10.7. The van der Waals surface area contributed by atoms with Crippen LogP contribution in [0, 0.1) is 5.82 Å². The summed E-state index contributed by atoms with van der Waals surface area (Å²) in [4.78, 5) is 55.1. The van der Waals surface area contributed by atoms with Crippen molar-refractivity contribution >= 4 is 34.3 Å². The zero-order chi connectivity index (χ0) is 23.9. The lowest BCUT2D eigenvalue weighted by Gasteiger charge is -2.14. The van der Waals surface area contributed by atoms with Crippen molar-refractivity contribution in [3.63, 3.8) is 0 Å². The van der Waals surface area contributed by atoms with E-state index in [9.17, 15) is 23.6 Å². The van der Waals surface area contributed by atoms with Crippen molar-refractivity contribution in [3.8, 4) is 5.69 Å². The molecule has 168 valence electrons. The summed E-state index contributed by atoms with van der Waals surface area (Å²) in [6.07, 6.45) is 0. The van der Waals surface area contributed by atoms with Crippen LogP contribution in [0.5, 0.6) is 0 Å². The molecule has 9 nitrogen and oxygen atoms in total. The maximum atomic E-state index is 13.4. The van der Waals surface area contributed by atoms with Crippen LogP contribution in [0.25, 0.3) is 16.6 Å². The second-order valence-electron chi connectivity index (χ2n) is 7.21. The molecule has 0 radical (unpaired) electrons. The molecule has 2 heterocycles. The Morgan fingerprint density at radius 1 is 1.00 bits per heavy atom. The lowest BCUT2D eigenvalue weighted by atomic mass is 10.2. The highest BCUT2D eigenvalue weighted by atomic mass is 32.2. The van der Waals surface area contributed by atoms with Gasteiger partial charge < -0.3 is 5.73 Å². The Kier molecular flexibility index (Phi) is 5.73. The van der Waals surface area contributed by atoms with Crippen molar-refractivity contribution < 1.29 is 9.18 Å². The predicted molar refractivity (Wildman–Crippen MR) is 124 cm³/mol. The van der Waals surface area contributed by atoms with Crippen molar-refractivity contribution in [3.05, 3.63) is 91.1 Å². The Morgan fingerprint density at radius 3 is 2.36 bits per heavy atom.